The molecule has 0 N–H and O–H groups in total. The Kier molecular flexibility index (Phi) is 5.38. The van der Waals surface area contributed by atoms with Gasteiger partial charge in [0.15, 0.2) is 5.76 Å². The second-order valence-corrected chi connectivity index (χ2v) is 8.11. The Morgan fingerprint density at radius 3 is 2.56 bits per heavy atom. The van der Waals surface area contributed by atoms with Crippen LogP contribution in [0.25, 0.3) is 11.3 Å². The average molecular weight is 428 g/mol. The Morgan fingerprint density at radius 2 is 1.88 bits per heavy atom. The normalized spacial score (nSPS) is 15.9. The smallest absolute Gasteiger partial charge is 0.289 e. The van der Waals surface area contributed by atoms with E-state index in [1.165, 1.54) is 0 Å². The van der Waals surface area contributed by atoms with Crippen LogP contribution in [0.15, 0.2) is 47.1 Å². The highest BCUT2D eigenvalue weighted by Crippen LogP contribution is 2.35. The van der Waals surface area contributed by atoms with Gasteiger partial charge >= 0.3 is 0 Å². The van der Waals surface area contributed by atoms with Crippen LogP contribution in [-0.2, 0) is 17.8 Å². The van der Waals surface area contributed by atoms with Crippen LogP contribution in [0.5, 0.6) is 0 Å². The number of piperazine rings is 1. The van der Waals surface area contributed by atoms with E-state index in [1.54, 1.807) is 17.2 Å². The van der Waals surface area contributed by atoms with Gasteiger partial charge in [0.25, 0.3) is 5.91 Å². The van der Waals surface area contributed by atoms with Gasteiger partial charge in [-0.1, -0.05) is 30.3 Å². The van der Waals surface area contributed by atoms with Gasteiger partial charge in [-0.3, -0.25) is 4.79 Å². The largest absolute Gasteiger partial charge is 0.459 e. The number of fused-ring (bicyclic) bond motifs is 1. The molecule has 162 valence electrons. The summed E-state index contributed by atoms with van der Waals surface area (Å²) in [5.74, 6) is 1.01. The fourth-order valence-electron chi connectivity index (χ4n) is 4.48. The number of amides is 1. The first kappa shape index (κ1) is 20.3. The summed E-state index contributed by atoms with van der Waals surface area (Å²) in [5.41, 5.74) is 5.40. The Hall–Kier alpha value is -3.63. The van der Waals surface area contributed by atoms with E-state index < -0.39 is 0 Å². The number of benzene rings is 1. The van der Waals surface area contributed by atoms with Crippen molar-refractivity contribution < 1.29 is 13.9 Å². The maximum atomic E-state index is 12.8. The van der Waals surface area contributed by atoms with Gasteiger partial charge in [-0.15, -0.1) is 0 Å². The highest BCUT2D eigenvalue weighted by molar-refractivity contribution is 5.93. The fourth-order valence-corrected chi connectivity index (χ4v) is 4.48. The molecule has 2 aliphatic heterocycles. The topological polar surface area (TPSA) is 82.6 Å². The van der Waals surface area contributed by atoms with Crippen LogP contribution in [-0.4, -0.2) is 48.6 Å². The molecule has 2 aromatic heterocycles. The summed E-state index contributed by atoms with van der Waals surface area (Å²) in [6, 6.07) is 14.2. The van der Waals surface area contributed by atoms with Crippen molar-refractivity contribution in [2.24, 2.45) is 0 Å². The number of aromatic nitrogens is 1. The second-order valence-electron chi connectivity index (χ2n) is 8.11. The molecule has 0 atom stereocenters. The number of carbonyl (C=O) groups excluding carboxylic acids is 1. The van der Waals surface area contributed by atoms with Crippen molar-refractivity contribution in [3.63, 3.8) is 0 Å². The SMILES string of the molecule is Cc1ccoc1C(=O)N1CCN(c2nc(-c3ccccc3)c3c(c2C#N)CCOC3)CC1. The van der Waals surface area contributed by atoms with Crippen molar-refractivity contribution in [1.82, 2.24) is 9.88 Å². The average Bonchev–Trinajstić information content (AvgIpc) is 3.29. The summed E-state index contributed by atoms with van der Waals surface area (Å²) in [6.07, 6.45) is 2.24. The fraction of sp³-hybridized carbons (Fsp3) is 0.320. The quantitative estimate of drug-likeness (QED) is 0.634. The summed E-state index contributed by atoms with van der Waals surface area (Å²) in [7, 11) is 0. The van der Waals surface area contributed by atoms with Crippen molar-refractivity contribution in [1.29, 1.82) is 5.26 Å². The molecule has 1 saturated heterocycles. The van der Waals surface area contributed by atoms with Crippen LogP contribution in [0.1, 0.15) is 32.8 Å². The van der Waals surface area contributed by atoms with Gasteiger partial charge in [-0.25, -0.2) is 4.98 Å². The predicted molar refractivity (Wildman–Crippen MR) is 119 cm³/mol. The van der Waals surface area contributed by atoms with Gasteiger partial charge < -0.3 is 19.0 Å². The first-order valence-corrected chi connectivity index (χ1v) is 10.8. The number of nitrogens with zero attached hydrogens (tertiary/aromatic N) is 4. The minimum absolute atomic E-state index is 0.0896. The number of nitriles is 1. The standard InChI is InChI=1S/C25H24N4O3/c1-17-7-14-32-23(17)25(30)29-11-9-28(10-12-29)24-20(15-26)19-8-13-31-16-21(19)22(27-24)18-5-3-2-4-6-18/h2-7,14H,8-13,16H2,1H3. The van der Waals surface area contributed by atoms with E-state index in [4.69, 9.17) is 14.1 Å². The van der Waals surface area contributed by atoms with Crippen molar-refractivity contribution >= 4 is 11.7 Å². The molecule has 0 radical (unpaired) electrons. The van der Waals surface area contributed by atoms with E-state index in [2.05, 4.69) is 11.0 Å². The zero-order valence-corrected chi connectivity index (χ0v) is 18.0. The van der Waals surface area contributed by atoms with E-state index >= 15 is 0 Å². The zero-order chi connectivity index (χ0) is 22.1. The molecule has 2 aliphatic rings. The second kappa shape index (κ2) is 8.48. The number of ether oxygens (including phenoxy) is 1. The number of anilines is 1. The third-order valence-electron chi connectivity index (χ3n) is 6.22. The van der Waals surface area contributed by atoms with Crippen LogP contribution in [0.2, 0.25) is 0 Å². The van der Waals surface area contributed by atoms with Crippen LogP contribution >= 0.6 is 0 Å². The number of aryl methyl sites for hydroxylation is 1. The van der Waals surface area contributed by atoms with Gasteiger partial charge in [0.2, 0.25) is 0 Å². The summed E-state index contributed by atoms with van der Waals surface area (Å²) < 4.78 is 11.1. The number of carbonyl (C=O) groups is 1. The molecule has 0 aliphatic carbocycles. The molecule has 3 aromatic rings. The Bertz CT molecular complexity index is 1190. The molecule has 1 aromatic carbocycles. The Balaban J connectivity index is 1.47. The van der Waals surface area contributed by atoms with E-state index in [9.17, 15) is 10.1 Å². The molecule has 0 bridgehead atoms. The molecule has 7 nitrogen and oxygen atoms in total. The lowest BCUT2D eigenvalue weighted by Gasteiger charge is -2.36. The van der Waals surface area contributed by atoms with Crippen LogP contribution < -0.4 is 4.90 Å². The van der Waals surface area contributed by atoms with Crippen molar-refractivity contribution in [3.8, 4) is 17.3 Å². The molecule has 32 heavy (non-hydrogen) atoms. The first-order valence-electron chi connectivity index (χ1n) is 10.8. The maximum absolute atomic E-state index is 12.8. The number of pyridine rings is 1. The highest BCUT2D eigenvalue weighted by Gasteiger charge is 2.30. The minimum atomic E-state index is -0.0896. The van der Waals surface area contributed by atoms with Crippen LogP contribution in [0, 0.1) is 18.3 Å². The molecule has 1 amide bonds. The van der Waals surface area contributed by atoms with Gasteiger partial charge in [0, 0.05) is 42.9 Å². The molecule has 4 heterocycles. The summed E-state index contributed by atoms with van der Waals surface area (Å²) >= 11 is 0. The molecular weight excluding hydrogens is 404 g/mol. The predicted octanol–water partition coefficient (Wildman–Crippen LogP) is 3.56. The van der Waals surface area contributed by atoms with Gasteiger partial charge in [0.1, 0.15) is 11.9 Å². The van der Waals surface area contributed by atoms with E-state index in [-0.39, 0.29) is 5.91 Å². The molecule has 7 heteroatoms. The van der Waals surface area contributed by atoms with Crippen molar-refractivity contribution in [3.05, 3.63) is 70.7 Å². The highest BCUT2D eigenvalue weighted by atomic mass is 16.5. The molecule has 0 unspecified atom stereocenters. The number of furan rings is 1. The van der Waals surface area contributed by atoms with Crippen LogP contribution in [0.3, 0.4) is 0 Å². The summed E-state index contributed by atoms with van der Waals surface area (Å²) in [6.45, 7) is 5.25. The number of rotatable bonds is 3. The molecule has 0 saturated carbocycles. The van der Waals surface area contributed by atoms with E-state index in [0.717, 1.165) is 27.9 Å². The lowest BCUT2D eigenvalue weighted by molar-refractivity contribution is 0.0713. The van der Waals surface area contributed by atoms with E-state index in [0.29, 0.717) is 63.0 Å². The van der Waals surface area contributed by atoms with Crippen molar-refractivity contribution in [2.75, 3.05) is 37.7 Å². The van der Waals surface area contributed by atoms with Crippen molar-refractivity contribution in [2.45, 2.75) is 20.0 Å². The Labute approximate surface area is 186 Å². The van der Waals surface area contributed by atoms with Gasteiger partial charge in [-0.05, 0) is 25.0 Å². The molecule has 5 rings (SSSR count). The summed E-state index contributed by atoms with van der Waals surface area (Å²) in [4.78, 5) is 21.7. The van der Waals surface area contributed by atoms with Gasteiger partial charge in [0.05, 0.1) is 30.7 Å². The third kappa shape index (κ3) is 3.53. The Morgan fingerprint density at radius 1 is 1.09 bits per heavy atom. The number of hydrogen-bond acceptors (Lipinski definition) is 6. The third-order valence-corrected chi connectivity index (χ3v) is 6.22. The maximum Gasteiger partial charge on any atom is 0.289 e. The minimum Gasteiger partial charge on any atom is -0.459 e. The molecular formula is C25H24N4O3. The molecule has 0 spiro atoms. The lowest BCUT2D eigenvalue weighted by atomic mass is 9.93. The number of hydrogen-bond donors (Lipinski definition) is 0. The zero-order valence-electron chi connectivity index (χ0n) is 18.0. The molecule has 1 fully saturated rings. The van der Waals surface area contributed by atoms with Gasteiger partial charge in [-0.2, -0.15) is 5.26 Å². The first-order chi connectivity index (χ1) is 15.7. The monoisotopic (exact) mass is 428 g/mol. The summed E-state index contributed by atoms with van der Waals surface area (Å²) in [5, 5.41) is 10.0. The lowest BCUT2D eigenvalue weighted by Crippen LogP contribution is -2.49. The van der Waals surface area contributed by atoms with Crippen LogP contribution in [0.4, 0.5) is 5.82 Å². The van der Waals surface area contributed by atoms with E-state index in [1.807, 2.05) is 37.3 Å².